The van der Waals surface area contributed by atoms with Crippen molar-refractivity contribution < 1.29 is 9.53 Å². The van der Waals surface area contributed by atoms with Gasteiger partial charge in [0.1, 0.15) is 30.3 Å². The van der Waals surface area contributed by atoms with Gasteiger partial charge in [-0.05, 0) is 49.2 Å². The molecule has 180 valence electrons. The van der Waals surface area contributed by atoms with Gasteiger partial charge >= 0.3 is 0 Å². The zero-order valence-electron chi connectivity index (χ0n) is 19.1. The first kappa shape index (κ1) is 24.2. The number of likely N-dealkylation sites (tertiary alicyclic amines) is 1. The van der Waals surface area contributed by atoms with Crippen LogP contribution in [0.1, 0.15) is 29.7 Å². The smallest absolute Gasteiger partial charge is 0.246 e. The van der Waals surface area contributed by atoms with Crippen LogP contribution in [0.4, 0.5) is 11.6 Å². The summed E-state index contributed by atoms with van der Waals surface area (Å²) >= 11 is 6.46. The van der Waals surface area contributed by atoms with Crippen LogP contribution in [-0.4, -0.2) is 50.6 Å². The van der Waals surface area contributed by atoms with Crippen molar-refractivity contribution in [2.24, 2.45) is 0 Å². The van der Waals surface area contributed by atoms with Gasteiger partial charge in [0.2, 0.25) is 5.91 Å². The lowest BCUT2D eigenvalue weighted by molar-refractivity contribution is -0.127. The van der Waals surface area contributed by atoms with Crippen LogP contribution in [0.2, 0.25) is 5.02 Å². The number of piperidine rings is 1. The summed E-state index contributed by atoms with van der Waals surface area (Å²) < 4.78 is 5.78. The highest BCUT2D eigenvalue weighted by atomic mass is 35.5. The Labute approximate surface area is 208 Å². The number of benzene rings is 1. The standard InChI is InChI=1S/C25H26ClN7O2/c1-2-21(34)33-11-5-7-17(13-33)32-25-22(24(28)30-15-31-25)23(27)16-8-9-20(19(26)12-16)35-14-18-6-3-4-10-29-18/h2-4,6,8-10,12,15,17,27H,1,5,7,11,13-14H2,(H3,28,30,31,32)/t17-/m1/s1. The third-order valence-electron chi connectivity index (χ3n) is 5.70. The van der Waals surface area contributed by atoms with Crippen molar-refractivity contribution in [2.75, 3.05) is 24.1 Å². The minimum Gasteiger partial charge on any atom is -0.486 e. The van der Waals surface area contributed by atoms with Crippen molar-refractivity contribution in [1.29, 1.82) is 5.41 Å². The monoisotopic (exact) mass is 491 g/mol. The van der Waals surface area contributed by atoms with Crippen LogP contribution in [0.15, 0.2) is 61.6 Å². The number of hydrogen-bond donors (Lipinski definition) is 3. The maximum absolute atomic E-state index is 12.0. The lowest BCUT2D eigenvalue weighted by atomic mass is 10.0. The van der Waals surface area contributed by atoms with Crippen molar-refractivity contribution >= 4 is 34.9 Å². The van der Waals surface area contributed by atoms with E-state index in [1.54, 1.807) is 29.3 Å². The average Bonchev–Trinajstić information content (AvgIpc) is 2.88. The number of pyridine rings is 1. The predicted molar refractivity (Wildman–Crippen MR) is 136 cm³/mol. The number of hydrogen-bond acceptors (Lipinski definition) is 8. The molecule has 1 aliphatic rings. The van der Waals surface area contributed by atoms with E-state index in [0.717, 1.165) is 18.5 Å². The lowest BCUT2D eigenvalue weighted by Gasteiger charge is -2.33. The average molecular weight is 492 g/mol. The number of amides is 1. The van der Waals surface area contributed by atoms with Gasteiger partial charge in [-0.25, -0.2) is 9.97 Å². The second-order valence-electron chi connectivity index (χ2n) is 8.08. The Morgan fingerprint density at radius 1 is 1.31 bits per heavy atom. The van der Waals surface area contributed by atoms with Crippen LogP contribution in [0, 0.1) is 5.41 Å². The number of nitrogens with two attached hydrogens (primary N) is 1. The van der Waals surface area contributed by atoms with E-state index in [1.807, 2.05) is 18.2 Å². The van der Waals surface area contributed by atoms with Gasteiger partial charge in [0.25, 0.3) is 0 Å². The molecular weight excluding hydrogens is 466 g/mol. The number of nitrogens with zero attached hydrogens (tertiary/aromatic N) is 4. The molecule has 9 nitrogen and oxygen atoms in total. The molecule has 2 aromatic heterocycles. The molecule has 3 heterocycles. The number of aromatic nitrogens is 3. The maximum Gasteiger partial charge on any atom is 0.246 e. The second kappa shape index (κ2) is 11.0. The van der Waals surface area contributed by atoms with E-state index in [1.165, 1.54) is 12.4 Å². The number of halogens is 1. The van der Waals surface area contributed by atoms with Gasteiger partial charge in [0.15, 0.2) is 0 Å². The second-order valence-corrected chi connectivity index (χ2v) is 8.49. The van der Waals surface area contributed by atoms with E-state index in [-0.39, 0.29) is 30.1 Å². The van der Waals surface area contributed by atoms with Crippen molar-refractivity contribution in [3.63, 3.8) is 0 Å². The first-order valence-electron chi connectivity index (χ1n) is 11.2. The minimum absolute atomic E-state index is 0.0422. The number of ether oxygens (including phenoxy) is 1. The topological polar surface area (TPSA) is 130 Å². The first-order chi connectivity index (χ1) is 17.0. The zero-order valence-corrected chi connectivity index (χ0v) is 19.8. The number of carbonyl (C=O) groups excluding carboxylic acids is 1. The molecular formula is C25H26ClN7O2. The number of carbonyl (C=O) groups is 1. The fourth-order valence-electron chi connectivity index (χ4n) is 3.93. The van der Waals surface area contributed by atoms with Gasteiger partial charge in [0, 0.05) is 30.9 Å². The van der Waals surface area contributed by atoms with E-state index in [4.69, 9.17) is 27.5 Å². The quantitative estimate of drug-likeness (QED) is 0.323. The van der Waals surface area contributed by atoms with Crippen LogP contribution >= 0.6 is 11.6 Å². The highest BCUT2D eigenvalue weighted by molar-refractivity contribution is 6.32. The van der Waals surface area contributed by atoms with Gasteiger partial charge in [-0.2, -0.15) is 0 Å². The summed E-state index contributed by atoms with van der Waals surface area (Å²) in [5.74, 6) is 0.992. The molecule has 1 amide bonds. The molecule has 1 aromatic carbocycles. The summed E-state index contributed by atoms with van der Waals surface area (Å²) in [6, 6.07) is 10.6. The molecule has 1 aliphatic heterocycles. The van der Waals surface area contributed by atoms with Crippen LogP contribution in [0.25, 0.3) is 0 Å². The van der Waals surface area contributed by atoms with Gasteiger partial charge in [0.05, 0.1) is 22.0 Å². The lowest BCUT2D eigenvalue weighted by Crippen LogP contribution is -2.44. The summed E-state index contributed by atoms with van der Waals surface area (Å²) in [5.41, 5.74) is 7.98. The number of nitrogen functional groups attached to an aromatic ring is 1. The Kier molecular flexibility index (Phi) is 7.57. The molecule has 1 atom stereocenters. The van der Waals surface area contributed by atoms with Crippen LogP contribution in [0.3, 0.4) is 0 Å². The van der Waals surface area contributed by atoms with Crippen molar-refractivity contribution in [3.8, 4) is 5.75 Å². The Hall–Kier alpha value is -3.98. The third kappa shape index (κ3) is 5.75. The molecule has 0 unspecified atom stereocenters. The van der Waals surface area contributed by atoms with E-state index >= 15 is 0 Å². The molecule has 0 bridgehead atoms. The first-order valence-corrected chi connectivity index (χ1v) is 11.5. The minimum atomic E-state index is -0.105. The molecule has 4 N–H and O–H groups in total. The van der Waals surface area contributed by atoms with Crippen LogP contribution < -0.4 is 15.8 Å². The fraction of sp³-hybridized carbons (Fsp3) is 0.240. The molecule has 1 fully saturated rings. The van der Waals surface area contributed by atoms with Crippen molar-refractivity contribution in [1.82, 2.24) is 19.9 Å². The summed E-state index contributed by atoms with van der Waals surface area (Å²) in [4.78, 5) is 26.4. The van der Waals surface area contributed by atoms with Crippen molar-refractivity contribution in [2.45, 2.75) is 25.5 Å². The largest absolute Gasteiger partial charge is 0.486 e. The van der Waals surface area contributed by atoms with E-state index in [0.29, 0.717) is 40.8 Å². The SMILES string of the molecule is C=CC(=O)N1CCC[C@@H](Nc2ncnc(N)c2C(=N)c2ccc(OCc3ccccn3)c(Cl)c2)C1. The Morgan fingerprint density at radius 2 is 2.17 bits per heavy atom. The predicted octanol–water partition coefficient (Wildman–Crippen LogP) is 3.69. The highest BCUT2D eigenvalue weighted by Crippen LogP contribution is 2.29. The number of rotatable bonds is 8. The molecule has 3 aromatic rings. The molecule has 0 spiro atoms. The third-order valence-corrected chi connectivity index (χ3v) is 5.99. The van der Waals surface area contributed by atoms with E-state index in [9.17, 15) is 4.79 Å². The molecule has 10 heteroatoms. The Morgan fingerprint density at radius 3 is 2.91 bits per heavy atom. The molecule has 0 aliphatic carbocycles. The Bertz CT molecular complexity index is 1240. The number of anilines is 2. The summed E-state index contributed by atoms with van der Waals surface area (Å²) in [5, 5.41) is 12.5. The van der Waals surface area contributed by atoms with Gasteiger partial charge in [-0.1, -0.05) is 24.2 Å². The van der Waals surface area contributed by atoms with Crippen LogP contribution in [0.5, 0.6) is 5.75 Å². The van der Waals surface area contributed by atoms with Crippen LogP contribution in [-0.2, 0) is 11.4 Å². The zero-order chi connectivity index (χ0) is 24.8. The van der Waals surface area contributed by atoms with Gasteiger partial charge in [-0.3, -0.25) is 15.2 Å². The van der Waals surface area contributed by atoms with Gasteiger partial charge < -0.3 is 20.7 Å². The Balaban J connectivity index is 1.52. The maximum atomic E-state index is 12.0. The summed E-state index contributed by atoms with van der Waals surface area (Å²) in [6.45, 7) is 5.04. The molecule has 4 rings (SSSR count). The molecule has 1 saturated heterocycles. The van der Waals surface area contributed by atoms with Gasteiger partial charge in [-0.15, -0.1) is 0 Å². The summed E-state index contributed by atoms with van der Waals surface area (Å²) in [7, 11) is 0. The van der Waals surface area contributed by atoms with E-state index in [2.05, 4.69) is 26.8 Å². The van der Waals surface area contributed by atoms with E-state index < -0.39 is 0 Å². The molecule has 0 saturated carbocycles. The van der Waals surface area contributed by atoms with Crippen molar-refractivity contribution in [3.05, 3.63) is 83.4 Å². The highest BCUT2D eigenvalue weighted by Gasteiger charge is 2.25. The normalized spacial score (nSPS) is 15.3. The number of nitrogens with one attached hydrogen (secondary N) is 2. The molecule has 0 radical (unpaired) electrons. The summed E-state index contributed by atoms with van der Waals surface area (Å²) in [6.07, 6.45) is 6.07. The molecule has 35 heavy (non-hydrogen) atoms. The fourth-order valence-corrected chi connectivity index (χ4v) is 4.16.